The first-order valence-corrected chi connectivity index (χ1v) is 29.8. The van der Waals surface area contributed by atoms with Gasteiger partial charge in [0.15, 0.2) is 6.29 Å². The van der Waals surface area contributed by atoms with Crippen molar-refractivity contribution in [2.24, 2.45) is 0 Å². The minimum absolute atomic E-state index is 0.139. The van der Waals surface area contributed by atoms with Crippen LogP contribution in [0.1, 0.15) is 251 Å². The number of ether oxygens (including phenoxy) is 2. The molecule has 1 amide bonds. The number of hydrogen-bond donors (Lipinski definition) is 6. The highest BCUT2D eigenvalue weighted by atomic mass is 16.7. The minimum atomic E-state index is -1.55. The Morgan fingerprint density at radius 2 is 0.861 bits per heavy atom. The summed E-state index contributed by atoms with van der Waals surface area (Å²) < 4.78 is 11.3. The Morgan fingerprint density at radius 3 is 1.28 bits per heavy atom. The van der Waals surface area contributed by atoms with E-state index in [2.05, 4.69) is 104 Å². The maximum atomic E-state index is 13.0. The number of rotatable bonds is 50. The second-order valence-corrected chi connectivity index (χ2v) is 20.4. The van der Waals surface area contributed by atoms with Crippen LogP contribution in [0.15, 0.2) is 85.1 Å². The summed E-state index contributed by atoms with van der Waals surface area (Å²) >= 11 is 0. The lowest BCUT2D eigenvalue weighted by molar-refractivity contribution is -0.302. The molecule has 1 heterocycles. The van der Waals surface area contributed by atoms with E-state index in [0.29, 0.717) is 12.8 Å². The smallest absolute Gasteiger partial charge is 0.220 e. The Morgan fingerprint density at radius 1 is 0.486 bits per heavy atom. The van der Waals surface area contributed by atoms with E-state index in [1.165, 1.54) is 141 Å². The standard InChI is InChI=1S/C63H111NO8/c1-3-5-7-9-11-13-15-16-17-18-19-20-21-22-23-24-25-26-27-28-29-30-31-32-33-34-35-36-37-38-39-40-41-42-43-45-47-49-51-53-59(67)64-56(55-71-63-62(70)61(69)60(68)58(54-65)72-63)57(66)52-50-48-46-44-14-12-10-8-6-4-2/h5,7,11,13,16-17,19-20,22-23,25-26,28-29,56-58,60-63,65-66,68-70H,3-4,6,8-10,12,14-15,18,21,24,27,30-55H2,1-2H3,(H,64,67)/b7-5-,13-11-,17-16-,20-19-,23-22-,26-25-,29-28-. The van der Waals surface area contributed by atoms with Crippen molar-refractivity contribution in [2.45, 2.75) is 294 Å². The molecule has 0 radical (unpaired) electrons. The largest absolute Gasteiger partial charge is 0.394 e. The molecular weight excluding hydrogens is 899 g/mol. The lowest BCUT2D eigenvalue weighted by Crippen LogP contribution is -2.60. The maximum absolute atomic E-state index is 13.0. The predicted molar refractivity (Wildman–Crippen MR) is 304 cm³/mol. The Labute approximate surface area is 441 Å². The molecule has 7 atom stereocenters. The number of carbonyl (C=O) groups is 1. The SMILES string of the molecule is CC/C=C\C/C=C\C/C=C\C/C=C\C/C=C\C/C=C\C/C=C\CCCCCCCCCCCCCCCCCCCC(=O)NC(COC1OC(CO)C(O)C(O)C1O)C(O)CCCCCCCCCCCC. The van der Waals surface area contributed by atoms with Gasteiger partial charge in [-0.2, -0.15) is 0 Å². The Hall–Kier alpha value is -2.63. The number of allylic oxidation sites excluding steroid dienone is 14. The Bertz CT molecular complexity index is 1400. The molecule has 0 saturated carbocycles. The molecule has 6 N–H and O–H groups in total. The summed E-state index contributed by atoms with van der Waals surface area (Å²) in [5.41, 5.74) is 0. The van der Waals surface area contributed by atoms with E-state index in [1.807, 2.05) is 0 Å². The van der Waals surface area contributed by atoms with Gasteiger partial charge in [0.1, 0.15) is 24.4 Å². The number of amides is 1. The van der Waals surface area contributed by atoms with Crippen LogP contribution < -0.4 is 5.32 Å². The third-order valence-electron chi connectivity index (χ3n) is 13.8. The van der Waals surface area contributed by atoms with E-state index in [1.54, 1.807) is 0 Å². The van der Waals surface area contributed by atoms with E-state index in [4.69, 9.17) is 9.47 Å². The lowest BCUT2D eigenvalue weighted by atomic mass is 9.99. The fourth-order valence-electron chi connectivity index (χ4n) is 9.08. The van der Waals surface area contributed by atoms with Crippen LogP contribution in [0.3, 0.4) is 0 Å². The molecule has 9 heteroatoms. The van der Waals surface area contributed by atoms with Gasteiger partial charge < -0.3 is 40.3 Å². The first kappa shape index (κ1) is 67.4. The molecule has 7 unspecified atom stereocenters. The fraction of sp³-hybridized carbons (Fsp3) is 0.762. The maximum Gasteiger partial charge on any atom is 0.220 e. The highest BCUT2D eigenvalue weighted by Crippen LogP contribution is 2.23. The molecule has 1 aliphatic rings. The van der Waals surface area contributed by atoms with Crippen LogP contribution in [0, 0.1) is 0 Å². The zero-order valence-electron chi connectivity index (χ0n) is 46.2. The average molecular weight is 1010 g/mol. The summed E-state index contributed by atoms with van der Waals surface area (Å²) in [5.74, 6) is -0.146. The quantitative estimate of drug-likeness (QED) is 0.0261. The number of aliphatic hydroxyl groups is 5. The second-order valence-electron chi connectivity index (χ2n) is 20.4. The van der Waals surface area contributed by atoms with Crippen molar-refractivity contribution in [3.63, 3.8) is 0 Å². The van der Waals surface area contributed by atoms with Crippen LogP contribution in [0.25, 0.3) is 0 Å². The molecule has 1 fully saturated rings. The van der Waals surface area contributed by atoms with Gasteiger partial charge in [-0.1, -0.05) is 259 Å². The zero-order chi connectivity index (χ0) is 52.2. The minimum Gasteiger partial charge on any atom is -0.394 e. The third kappa shape index (κ3) is 40.7. The number of hydrogen-bond acceptors (Lipinski definition) is 8. The summed E-state index contributed by atoms with van der Waals surface area (Å²) in [4.78, 5) is 13.0. The monoisotopic (exact) mass is 1010 g/mol. The molecule has 0 aromatic carbocycles. The lowest BCUT2D eigenvalue weighted by Gasteiger charge is -2.40. The van der Waals surface area contributed by atoms with Gasteiger partial charge in [0, 0.05) is 6.42 Å². The molecule has 9 nitrogen and oxygen atoms in total. The molecule has 0 spiro atoms. The van der Waals surface area contributed by atoms with Crippen molar-refractivity contribution >= 4 is 5.91 Å². The van der Waals surface area contributed by atoms with Gasteiger partial charge >= 0.3 is 0 Å². The first-order valence-electron chi connectivity index (χ1n) is 29.8. The molecule has 0 aromatic heterocycles. The van der Waals surface area contributed by atoms with E-state index in [0.717, 1.165) is 83.5 Å². The molecule has 72 heavy (non-hydrogen) atoms. The number of aliphatic hydroxyl groups excluding tert-OH is 5. The molecule has 1 rings (SSSR count). The average Bonchev–Trinajstić information content (AvgIpc) is 3.38. The summed E-state index contributed by atoms with van der Waals surface area (Å²) in [7, 11) is 0. The van der Waals surface area contributed by atoms with E-state index < -0.39 is 49.5 Å². The summed E-state index contributed by atoms with van der Waals surface area (Å²) in [6.07, 6.45) is 66.4. The van der Waals surface area contributed by atoms with Crippen molar-refractivity contribution in [1.82, 2.24) is 5.32 Å². The fourth-order valence-corrected chi connectivity index (χ4v) is 9.08. The zero-order valence-corrected chi connectivity index (χ0v) is 46.2. The third-order valence-corrected chi connectivity index (χ3v) is 13.8. The summed E-state index contributed by atoms with van der Waals surface area (Å²) in [5, 5.41) is 54.5. The van der Waals surface area contributed by atoms with Crippen LogP contribution in [0.4, 0.5) is 0 Å². The molecule has 0 aromatic rings. The van der Waals surface area contributed by atoms with Crippen LogP contribution >= 0.6 is 0 Å². The second kappa shape index (κ2) is 51.8. The first-order chi connectivity index (χ1) is 35.3. The van der Waals surface area contributed by atoms with Gasteiger partial charge in [0.25, 0.3) is 0 Å². The molecule has 1 saturated heterocycles. The number of carbonyl (C=O) groups excluding carboxylic acids is 1. The molecule has 0 bridgehead atoms. The Balaban J connectivity index is 2.05. The van der Waals surface area contributed by atoms with Crippen LogP contribution in [-0.4, -0.2) is 87.5 Å². The molecule has 0 aliphatic carbocycles. The van der Waals surface area contributed by atoms with Crippen LogP contribution in [0.2, 0.25) is 0 Å². The normalized spacial score (nSPS) is 19.8. The predicted octanol–water partition coefficient (Wildman–Crippen LogP) is 15.0. The van der Waals surface area contributed by atoms with Crippen LogP contribution in [0.5, 0.6) is 0 Å². The van der Waals surface area contributed by atoms with Crippen LogP contribution in [-0.2, 0) is 14.3 Å². The van der Waals surface area contributed by atoms with Gasteiger partial charge in [-0.3, -0.25) is 4.79 Å². The molecule has 416 valence electrons. The van der Waals surface area contributed by atoms with Gasteiger partial charge in [-0.15, -0.1) is 0 Å². The van der Waals surface area contributed by atoms with Gasteiger partial charge in [0.05, 0.1) is 25.4 Å². The number of unbranched alkanes of at least 4 members (excludes halogenated alkanes) is 26. The van der Waals surface area contributed by atoms with E-state index >= 15 is 0 Å². The van der Waals surface area contributed by atoms with E-state index in [-0.39, 0.29) is 12.5 Å². The summed E-state index contributed by atoms with van der Waals surface area (Å²) in [6, 6.07) is -0.719. The van der Waals surface area contributed by atoms with Gasteiger partial charge in [-0.05, 0) is 70.6 Å². The van der Waals surface area contributed by atoms with Gasteiger partial charge in [0.2, 0.25) is 5.91 Å². The van der Waals surface area contributed by atoms with Crippen molar-refractivity contribution in [3.05, 3.63) is 85.1 Å². The van der Waals surface area contributed by atoms with E-state index in [9.17, 15) is 30.3 Å². The topological polar surface area (TPSA) is 149 Å². The number of nitrogens with one attached hydrogen (secondary N) is 1. The highest BCUT2D eigenvalue weighted by Gasteiger charge is 2.44. The Kier molecular flexibility index (Phi) is 48.5. The van der Waals surface area contributed by atoms with Crippen molar-refractivity contribution in [3.8, 4) is 0 Å². The highest BCUT2D eigenvalue weighted by molar-refractivity contribution is 5.76. The van der Waals surface area contributed by atoms with Crippen molar-refractivity contribution in [2.75, 3.05) is 13.2 Å². The van der Waals surface area contributed by atoms with Crippen molar-refractivity contribution in [1.29, 1.82) is 0 Å². The van der Waals surface area contributed by atoms with Gasteiger partial charge in [-0.25, -0.2) is 0 Å². The summed E-state index contributed by atoms with van der Waals surface area (Å²) in [6.45, 7) is 3.70. The van der Waals surface area contributed by atoms with Crippen molar-refractivity contribution < 1.29 is 39.8 Å². The molecule has 1 aliphatic heterocycles. The molecular formula is C63H111NO8.